The van der Waals surface area contributed by atoms with Gasteiger partial charge in [-0.25, -0.2) is 13.4 Å². The van der Waals surface area contributed by atoms with E-state index in [4.69, 9.17) is 0 Å². The van der Waals surface area contributed by atoms with Crippen molar-refractivity contribution >= 4 is 26.9 Å². The van der Waals surface area contributed by atoms with E-state index in [1.807, 2.05) is 0 Å². The summed E-state index contributed by atoms with van der Waals surface area (Å²) < 4.78 is 23.8. The van der Waals surface area contributed by atoms with Crippen molar-refractivity contribution in [3.8, 4) is 0 Å². The van der Waals surface area contributed by atoms with Crippen LogP contribution in [0.3, 0.4) is 0 Å². The Hall–Kier alpha value is -1.80. The van der Waals surface area contributed by atoms with Crippen LogP contribution in [0, 0.1) is 10.1 Å². The average molecular weight is 284 g/mol. The van der Waals surface area contributed by atoms with E-state index >= 15 is 0 Å². The summed E-state index contributed by atoms with van der Waals surface area (Å²) >= 11 is 1.05. The minimum Gasteiger partial charge on any atom is -0.258 e. The minimum atomic E-state index is -3.47. The summed E-state index contributed by atoms with van der Waals surface area (Å²) in [6.45, 7) is 0. The predicted octanol–water partition coefficient (Wildman–Crippen LogP) is 2.03. The van der Waals surface area contributed by atoms with Gasteiger partial charge in [0.05, 0.1) is 10.7 Å². The summed E-state index contributed by atoms with van der Waals surface area (Å²) in [4.78, 5) is 13.7. The maximum absolute atomic E-state index is 11.9. The van der Waals surface area contributed by atoms with Crippen LogP contribution in [0.25, 0.3) is 0 Å². The van der Waals surface area contributed by atoms with Crippen molar-refractivity contribution in [1.82, 2.24) is 4.98 Å². The number of hydrogen-bond acceptors (Lipinski definition) is 6. The quantitative estimate of drug-likeness (QED) is 0.633. The fourth-order valence-electron chi connectivity index (χ4n) is 1.36. The molecule has 0 radical (unpaired) electrons. The van der Waals surface area contributed by atoms with E-state index in [1.54, 1.807) is 5.38 Å². The molecular weight excluding hydrogens is 276 g/mol. The highest BCUT2D eigenvalue weighted by molar-refractivity contribution is 7.92. The van der Waals surface area contributed by atoms with E-state index in [2.05, 4.69) is 4.98 Å². The number of sulfone groups is 1. The number of thiazole rings is 1. The van der Waals surface area contributed by atoms with Gasteiger partial charge in [-0.1, -0.05) is 12.1 Å². The molecule has 0 amide bonds. The lowest BCUT2D eigenvalue weighted by Gasteiger charge is -2.00. The van der Waals surface area contributed by atoms with Crippen molar-refractivity contribution < 1.29 is 13.3 Å². The number of aromatic nitrogens is 1. The third-order valence-electron chi connectivity index (χ3n) is 2.18. The molecule has 1 heterocycles. The molecule has 0 fully saturated rings. The van der Waals surface area contributed by atoms with Crippen LogP contribution >= 0.6 is 11.3 Å². The van der Waals surface area contributed by atoms with Crippen molar-refractivity contribution in [2.45, 2.75) is 10.1 Å². The summed E-state index contributed by atoms with van der Waals surface area (Å²) in [7, 11) is -3.47. The summed E-state index contributed by atoms with van der Waals surface area (Å²) in [5.41, 5.74) is 0.432. The first-order valence-electron chi connectivity index (χ1n) is 4.84. The van der Waals surface area contributed by atoms with Crippen LogP contribution in [0.5, 0.6) is 0 Å². The van der Waals surface area contributed by atoms with Gasteiger partial charge >= 0.3 is 0 Å². The zero-order valence-electron chi connectivity index (χ0n) is 9.02. The van der Waals surface area contributed by atoms with Crippen LogP contribution < -0.4 is 0 Å². The second-order valence-electron chi connectivity index (χ2n) is 3.48. The third-order valence-corrected chi connectivity index (χ3v) is 5.15. The molecule has 0 aliphatic heterocycles. The van der Waals surface area contributed by atoms with Gasteiger partial charge in [-0.2, -0.15) is 0 Å². The number of benzene rings is 1. The molecule has 0 saturated carbocycles. The molecule has 0 bridgehead atoms. The molecule has 8 heteroatoms. The minimum absolute atomic E-state index is 0.0563. The number of nitrogens with zero attached hydrogens (tertiary/aromatic N) is 2. The molecule has 0 aliphatic carbocycles. The Morgan fingerprint density at radius 1 is 1.28 bits per heavy atom. The van der Waals surface area contributed by atoms with Crippen molar-refractivity contribution in [3.05, 3.63) is 51.5 Å². The maximum atomic E-state index is 11.9. The van der Waals surface area contributed by atoms with Crippen LogP contribution in [0.2, 0.25) is 0 Å². The zero-order valence-corrected chi connectivity index (χ0v) is 10.6. The zero-order chi connectivity index (χ0) is 13.2. The first kappa shape index (κ1) is 12.7. The lowest BCUT2D eigenvalue weighted by Crippen LogP contribution is -2.04. The first-order chi connectivity index (χ1) is 8.49. The standard InChI is InChI=1S/C10H8N2O4S2/c13-12(14)9-3-1-8(2-4-9)7-18(15,16)10-11-5-6-17-10/h1-6H,7H2. The van der Waals surface area contributed by atoms with Gasteiger partial charge in [-0.05, 0) is 5.56 Å². The second kappa shape index (κ2) is 4.83. The van der Waals surface area contributed by atoms with Gasteiger partial charge in [-0.3, -0.25) is 10.1 Å². The van der Waals surface area contributed by atoms with Crippen LogP contribution in [0.1, 0.15) is 5.56 Å². The van der Waals surface area contributed by atoms with Crippen LogP contribution in [0.15, 0.2) is 40.2 Å². The van der Waals surface area contributed by atoms with Gasteiger partial charge in [0, 0.05) is 23.7 Å². The van der Waals surface area contributed by atoms with Gasteiger partial charge in [-0.15, -0.1) is 11.3 Å². The lowest BCUT2D eigenvalue weighted by atomic mass is 10.2. The molecule has 18 heavy (non-hydrogen) atoms. The SMILES string of the molecule is O=[N+]([O-])c1ccc(CS(=O)(=O)c2nccs2)cc1. The molecule has 0 saturated heterocycles. The molecule has 0 spiro atoms. The number of rotatable bonds is 4. The molecule has 2 rings (SSSR count). The van der Waals surface area contributed by atoms with E-state index in [0.717, 1.165) is 11.3 Å². The molecule has 6 nitrogen and oxygen atoms in total. The average Bonchev–Trinajstić information content (AvgIpc) is 2.83. The fourth-order valence-corrected chi connectivity index (χ4v) is 3.62. The van der Waals surface area contributed by atoms with E-state index in [0.29, 0.717) is 5.56 Å². The topological polar surface area (TPSA) is 90.2 Å². The Labute approximate surface area is 107 Å². The van der Waals surface area contributed by atoms with E-state index in [-0.39, 0.29) is 15.8 Å². The normalized spacial score (nSPS) is 11.3. The Balaban J connectivity index is 2.22. The highest BCUT2D eigenvalue weighted by atomic mass is 32.2. The monoisotopic (exact) mass is 284 g/mol. The van der Waals surface area contributed by atoms with Crippen molar-refractivity contribution in [3.63, 3.8) is 0 Å². The van der Waals surface area contributed by atoms with Gasteiger partial charge in [0.1, 0.15) is 0 Å². The lowest BCUT2D eigenvalue weighted by molar-refractivity contribution is -0.384. The number of nitro groups is 1. The van der Waals surface area contributed by atoms with Gasteiger partial charge in [0.25, 0.3) is 5.69 Å². The second-order valence-corrected chi connectivity index (χ2v) is 6.54. The number of non-ortho nitro benzene ring substituents is 1. The van der Waals surface area contributed by atoms with E-state index in [1.165, 1.54) is 30.5 Å². The summed E-state index contributed by atoms with van der Waals surface area (Å²) in [5, 5.41) is 12.0. The van der Waals surface area contributed by atoms with Crippen LogP contribution in [-0.4, -0.2) is 18.3 Å². The molecule has 0 atom stereocenters. The molecule has 0 unspecified atom stereocenters. The molecule has 2 aromatic rings. The Morgan fingerprint density at radius 2 is 1.94 bits per heavy atom. The van der Waals surface area contributed by atoms with Gasteiger partial charge in [0.15, 0.2) is 0 Å². The Morgan fingerprint density at radius 3 is 2.44 bits per heavy atom. The van der Waals surface area contributed by atoms with E-state index < -0.39 is 14.8 Å². The fraction of sp³-hybridized carbons (Fsp3) is 0.100. The van der Waals surface area contributed by atoms with Crippen molar-refractivity contribution in [1.29, 1.82) is 0 Å². The largest absolute Gasteiger partial charge is 0.269 e. The van der Waals surface area contributed by atoms with Crippen LogP contribution in [-0.2, 0) is 15.6 Å². The Bertz CT molecular complexity index is 648. The summed E-state index contributed by atoms with van der Waals surface area (Å²) in [5.74, 6) is -0.210. The smallest absolute Gasteiger partial charge is 0.258 e. The van der Waals surface area contributed by atoms with Gasteiger partial charge < -0.3 is 0 Å². The highest BCUT2D eigenvalue weighted by Gasteiger charge is 2.18. The Kier molecular flexibility index (Phi) is 3.39. The molecule has 1 aromatic heterocycles. The summed E-state index contributed by atoms with van der Waals surface area (Å²) in [6, 6.07) is 5.44. The van der Waals surface area contributed by atoms with E-state index in [9.17, 15) is 18.5 Å². The molecular formula is C10H8N2O4S2. The maximum Gasteiger partial charge on any atom is 0.269 e. The summed E-state index contributed by atoms with van der Waals surface area (Å²) in [6.07, 6.45) is 1.42. The number of nitro benzene ring substituents is 1. The number of hydrogen-bond donors (Lipinski definition) is 0. The van der Waals surface area contributed by atoms with Crippen molar-refractivity contribution in [2.75, 3.05) is 0 Å². The molecule has 1 aromatic carbocycles. The van der Waals surface area contributed by atoms with Gasteiger partial charge in [0.2, 0.25) is 14.2 Å². The predicted molar refractivity (Wildman–Crippen MR) is 66.1 cm³/mol. The van der Waals surface area contributed by atoms with Crippen LogP contribution in [0.4, 0.5) is 5.69 Å². The molecule has 0 N–H and O–H groups in total. The van der Waals surface area contributed by atoms with Crippen molar-refractivity contribution in [2.24, 2.45) is 0 Å². The highest BCUT2D eigenvalue weighted by Crippen LogP contribution is 2.20. The molecule has 94 valence electrons. The molecule has 0 aliphatic rings. The third kappa shape index (κ3) is 2.71. The first-order valence-corrected chi connectivity index (χ1v) is 7.38.